The average molecular weight is 321 g/mol. The van der Waals surface area contributed by atoms with E-state index in [1.54, 1.807) is 11.0 Å². The van der Waals surface area contributed by atoms with Crippen LogP contribution in [0.15, 0.2) is 16.6 Å². The second-order valence-corrected chi connectivity index (χ2v) is 5.48. The van der Waals surface area contributed by atoms with E-state index in [1.165, 1.54) is 6.07 Å². The van der Waals surface area contributed by atoms with Gasteiger partial charge in [-0.1, -0.05) is 11.6 Å². The Morgan fingerprint density at radius 1 is 1.59 bits per heavy atom. The lowest BCUT2D eigenvalue weighted by atomic mass is 10.2. The summed E-state index contributed by atoms with van der Waals surface area (Å²) in [6.45, 7) is 2.74. The molecular weight excluding hydrogens is 308 g/mol. The van der Waals surface area contributed by atoms with Gasteiger partial charge in [-0.25, -0.2) is 4.39 Å². The third-order valence-electron chi connectivity index (χ3n) is 3.04. The summed E-state index contributed by atoms with van der Waals surface area (Å²) in [6, 6.07) is 2.99. The van der Waals surface area contributed by atoms with Crippen molar-refractivity contribution in [3.63, 3.8) is 0 Å². The van der Waals surface area contributed by atoms with Crippen LogP contribution in [0.4, 0.5) is 4.39 Å². The molecule has 1 aliphatic heterocycles. The summed E-state index contributed by atoms with van der Waals surface area (Å²) in [5.74, 6) is -0.706. The lowest BCUT2D eigenvalue weighted by molar-refractivity contribution is 0.0747. The van der Waals surface area contributed by atoms with Crippen molar-refractivity contribution >= 4 is 33.4 Å². The van der Waals surface area contributed by atoms with Crippen molar-refractivity contribution in [2.75, 3.05) is 6.54 Å². The fourth-order valence-corrected chi connectivity index (χ4v) is 2.62. The number of halogens is 3. The van der Waals surface area contributed by atoms with Crippen molar-refractivity contribution in [3.05, 3.63) is 33.0 Å². The van der Waals surface area contributed by atoms with Crippen molar-refractivity contribution in [1.29, 1.82) is 0 Å². The van der Waals surface area contributed by atoms with E-state index in [9.17, 15) is 9.18 Å². The number of rotatable bonds is 1. The number of hydrogen-bond acceptors (Lipinski definition) is 1. The topological polar surface area (TPSA) is 20.3 Å². The molecule has 0 saturated carbocycles. The van der Waals surface area contributed by atoms with Crippen molar-refractivity contribution in [3.8, 4) is 0 Å². The zero-order chi connectivity index (χ0) is 12.6. The van der Waals surface area contributed by atoms with Crippen LogP contribution in [0.1, 0.15) is 30.1 Å². The molecule has 0 spiro atoms. The SMILES string of the molecule is CC1CCCN1C(=O)c1cc(F)c(Cl)c(Br)c1. The summed E-state index contributed by atoms with van der Waals surface area (Å²) in [4.78, 5) is 13.9. The number of amides is 1. The van der Waals surface area contributed by atoms with Crippen LogP contribution in [0.2, 0.25) is 5.02 Å². The van der Waals surface area contributed by atoms with Crippen LogP contribution in [0, 0.1) is 5.82 Å². The monoisotopic (exact) mass is 319 g/mol. The number of nitrogens with zero attached hydrogens (tertiary/aromatic N) is 1. The van der Waals surface area contributed by atoms with Crippen molar-refractivity contribution in [1.82, 2.24) is 4.90 Å². The minimum Gasteiger partial charge on any atom is -0.336 e. The van der Waals surface area contributed by atoms with Gasteiger partial charge in [-0.3, -0.25) is 4.79 Å². The van der Waals surface area contributed by atoms with Crippen LogP contribution >= 0.6 is 27.5 Å². The maximum Gasteiger partial charge on any atom is 0.254 e. The van der Waals surface area contributed by atoms with E-state index in [1.807, 2.05) is 6.92 Å². The molecule has 0 radical (unpaired) electrons. The highest BCUT2D eigenvalue weighted by molar-refractivity contribution is 9.10. The van der Waals surface area contributed by atoms with E-state index in [2.05, 4.69) is 15.9 Å². The van der Waals surface area contributed by atoms with Crippen molar-refractivity contribution in [2.45, 2.75) is 25.8 Å². The Labute approximate surface area is 113 Å². The third kappa shape index (κ3) is 2.47. The zero-order valence-corrected chi connectivity index (χ0v) is 11.7. The van der Waals surface area contributed by atoms with Gasteiger partial charge in [-0.2, -0.15) is 0 Å². The average Bonchev–Trinajstić information content (AvgIpc) is 2.70. The lowest BCUT2D eigenvalue weighted by Crippen LogP contribution is -2.33. The molecule has 17 heavy (non-hydrogen) atoms. The first kappa shape index (κ1) is 12.8. The van der Waals surface area contributed by atoms with E-state index >= 15 is 0 Å². The summed E-state index contributed by atoms with van der Waals surface area (Å²) >= 11 is 8.84. The highest BCUT2D eigenvalue weighted by Gasteiger charge is 2.26. The normalized spacial score (nSPS) is 19.8. The third-order valence-corrected chi connectivity index (χ3v) is 4.28. The van der Waals surface area contributed by atoms with E-state index in [4.69, 9.17) is 11.6 Å². The molecule has 1 unspecified atom stereocenters. The number of benzene rings is 1. The van der Waals surface area contributed by atoms with Gasteiger partial charge in [-0.15, -0.1) is 0 Å². The fourth-order valence-electron chi connectivity index (χ4n) is 2.08. The molecule has 1 aliphatic rings. The van der Waals surface area contributed by atoms with Gasteiger partial charge in [0.2, 0.25) is 0 Å². The quantitative estimate of drug-likeness (QED) is 0.719. The maximum atomic E-state index is 13.5. The highest BCUT2D eigenvalue weighted by Crippen LogP contribution is 2.28. The Balaban J connectivity index is 2.31. The molecule has 92 valence electrons. The second kappa shape index (κ2) is 4.94. The minimum atomic E-state index is -0.573. The van der Waals surface area contributed by atoms with Gasteiger partial charge in [0.25, 0.3) is 5.91 Å². The van der Waals surface area contributed by atoms with Gasteiger partial charge in [0.05, 0.1) is 5.02 Å². The van der Waals surface area contributed by atoms with Gasteiger partial charge in [0.15, 0.2) is 0 Å². The van der Waals surface area contributed by atoms with E-state index in [-0.39, 0.29) is 17.0 Å². The minimum absolute atomic E-state index is 0.0102. The van der Waals surface area contributed by atoms with Gasteiger partial charge in [0.1, 0.15) is 5.82 Å². The Bertz CT molecular complexity index is 443. The van der Waals surface area contributed by atoms with Gasteiger partial charge < -0.3 is 4.90 Å². The molecule has 1 aromatic rings. The largest absolute Gasteiger partial charge is 0.336 e. The first-order valence-electron chi connectivity index (χ1n) is 5.46. The van der Waals surface area contributed by atoms with Crippen LogP contribution in [0.5, 0.6) is 0 Å². The molecule has 0 bridgehead atoms. The molecule has 1 saturated heterocycles. The molecule has 2 rings (SSSR count). The van der Waals surface area contributed by atoms with Crippen LogP contribution in [-0.4, -0.2) is 23.4 Å². The number of likely N-dealkylation sites (tertiary alicyclic amines) is 1. The molecule has 1 aromatic carbocycles. The number of carbonyl (C=O) groups is 1. The summed E-state index contributed by atoms with van der Waals surface area (Å²) in [5, 5.41) is 0.0102. The highest BCUT2D eigenvalue weighted by atomic mass is 79.9. The molecule has 0 N–H and O–H groups in total. The van der Waals surface area contributed by atoms with Crippen LogP contribution in [0.3, 0.4) is 0 Å². The smallest absolute Gasteiger partial charge is 0.254 e. The number of hydrogen-bond donors (Lipinski definition) is 0. The van der Waals surface area contributed by atoms with E-state index < -0.39 is 5.82 Å². The predicted octanol–water partition coefficient (Wildman–Crippen LogP) is 3.87. The Kier molecular flexibility index (Phi) is 3.73. The van der Waals surface area contributed by atoms with Gasteiger partial charge in [0, 0.05) is 22.6 Å². The van der Waals surface area contributed by atoms with Crippen LogP contribution < -0.4 is 0 Å². The standard InChI is InChI=1S/C12H12BrClFNO/c1-7-3-2-4-16(7)12(17)8-5-9(13)11(14)10(15)6-8/h5-7H,2-4H2,1H3. The molecule has 1 fully saturated rings. The summed E-state index contributed by atoms with van der Waals surface area (Å²) in [5.41, 5.74) is 0.340. The molecule has 2 nitrogen and oxygen atoms in total. The maximum absolute atomic E-state index is 13.5. The molecule has 0 aromatic heterocycles. The Morgan fingerprint density at radius 3 is 2.82 bits per heavy atom. The predicted molar refractivity (Wildman–Crippen MR) is 68.8 cm³/mol. The molecule has 1 heterocycles. The van der Waals surface area contributed by atoms with Crippen LogP contribution in [-0.2, 0) is 0 Å². The molecule has 1 amide bonds. The molecule has 0 aliphatic carbocycles. The van der Waals surface area contributed by atoms with E-state index in [0.717, 1.165) is 19.4 Å². The molecule has 5 heteroatoms. The fraction of sp³-hybridized carbons (Fsp3) is 0.417. The zero-order valence-electron chi connectivity index (χ0n) is 9.34. The first-order valence-corrected chi connectivity index (χ1v) is 6.63. The van der Waals surface area contributed by atoms with Gasteiger partial charge in [-0.05, 0) is 47.8 Å². The Hall–Kier alpha value is -0.610. The Morgan fingerprint density at radius 2 is 2.29 bits per heavy atom. The van der Waals surface area contributed by atoms with Crippen molar-refractivity contribution in [2.24, 2.45) is 0 Å². The van der Waals surface area contributed by atoms with Crippen LogP contribution in [0.25, 0.3) is 0 Å². The lowest BCUT2D eigenvalue weighted by Gasteiger charge is -2.21. The summed E-state index contributed by atoms with van der Waals surface area (Å²) in [7, 11) is 0. The molecule has 1 atom stereocenters. The van der Waals surface area contributed by atoms with Crippen molar-refractivity contribution < 1.29 is 9.18 Å². The van der Waals surface area contributed by atoms with Gasteiger partial charge >= 0.3 is 0 Å². The summed E-state index contributed by atoms with van der Waals surface area (Å²) < 4.78 is 13.9. The van der Waals surface area contributed by atoms with E-state index in [0.29, 0.717) is 10.0 Å². The first-order chi connectivity index (χ1) is 8.00. The molecular formula is C12H12BrClFNO. The number of carbonyl (C=O) groups excluding carboxylic acids is 1. The summed E-state index contributed by atoms with van der Waals surface area (Å²) in [6.07, 6.45) is 2.01. The second-order valence-electron chi connectivity index (χ2n) is 4.24.